The maximum absolute atomic E-state index is 12.2. The molecule has 0 atom stereocenters. The molecule has 0 spiro atoms. The summed E-state index contributed by atoms with van der Waals surface area (Å²) in [6.07, 6.45) is 3.33. The molecule has 0 aliphatic heterocycles. The SMILES string of the molecule is Cc1cc(Br)ccc1NC(=O)CSc1nnc(-c2cccnc2)n1N. The number of nitrogens with one attached hydrogen (secondary N) is 1. The Bertz CT molecular complexity index is 899. The van der Waals surface area contributed by atoms with E-state index in [2.05, 4.69) is 36.4 Å². The molecule has 0 aliphatic rings. The number of aromatic nitrogens is 4. The molecule has 0 unspecified atom stereocenters. The van der Waals surface area contributed by atoms with Gasteiger partial charge in [-0.15, -0.1) is 10.2 Å². The molecule has 0 aliphatic carbocycles. The molecule has 1 amide bonds. The predicted molar refractivity (Wildman–Crippen MR) is 102 cm³/mol. The zero-order chi connectivity index (χ0) is 17.8. The fourth-order valence-corrected chi connectivity index (χ4v) is 3.28. The number of amides is 1. The summed E-state index contributed by atoms with van der Waals surface area (Å²) in [7, 11) is 0. The molecule has 0 fully saturated rings. The summed E-state index contributed by atoms with van der Waals surface area (Å²) in [6.45, 7) is 1.93. The van der Waals surface area contributed by atoms with Crippen LogP contribution in [0, 0.1) is 6.92 Å². The van der Waals surface area contributed by atoms with Crippen LogP contribution in [-0.4, -0.2) is 31.5 Å². The lowest BCUT2D eigenvalue weighted by Crippen LogP contribution is -2.17. The summed E-state index contributed by atoms with van der Waals surface area (Å²) in [5, 5.41) is 11.4. The van der Waals surface area contributed by atoms with Crippen molar-refractivity contribution in [2.45, 2.75) is 12.1 Å². The van der Waals surface area contributed by atoms with Gasteiger partial charge in [0.1, 0.15) is 0 Å². The highest BCUT2D eigenvalue weighted by Crippen LogP contribution is 2.22. The zero-order valence-electron chi connectivity index (χ0n) is 13.3. The Morgan fingerprint density at radius 2 is 2.20 bits per heavy atom. The molecule has 3 aromatic rings. The minimum Gasteiger partial charge on any atom is -0.335 e. The second-order valence-electron chi connectivity index (χ2n) is 5.21. The van der Waals surface area contributed by atoms with Gasteiger partial charge < -0.3 is 11.2 Å². The lowest BCUT2D eigenvalue weighted by atomic mass is 10.2. The molecule has 128 valence electrons. The quantitative estimate of drug-likeness (QED) is 0.488. The van der Waals surface area contributed by atoms with Crippen molar-refractivity contribution in [2.75, 3.05) is 16.9 Å². The monoisotopic (exact) mass is 418 g/mol. The van der Waals surface area contributed by atoms with Gasteiger partial charge in [0, 0.05) is 28.1 Å². The second-order valence-corrected chi connectivity index (χ2v) is 7.07. The maximum Gasteiger partial charge on any atom is 0.234 e. The molecule has 0 saturated carbocycles. The number of carbonyl (C=O) groups is 1. The lowest BCUT2D eigenvalue weighted by Gasteiger charge is -2.08. The smallest absolute Gasteiger partial charge is 0.234 e. The van der Waals surface area contributed by atoms with E-state index >= 15 is 0 Å². The topological polar surface area (TPSA) is 98.7 Å². The molecule has 3 N–H and O–H groups in total. The van der Waals surface area contributed by atoms with Crippen LogP contribution < -0.4 is 11.2 Å². The number of thioether (sulfide) groups is 1. The van der Waals surface area contributed by atoms with E-state index in [9.17, 15) is 4.79 Å². The van der Waals surface area contributed by atoms with E-state index < -0.39 is 0 Å². The first-order chi connectivity index (χ1) is 12.0. The zero-order valence-corrected chi connectivity index (χ0v) is 15.7. The van der Waals surface area contributed by atoms with Gasteiger partial charge in [-0.05, 0) is 42.8 Å². The Morgan fingerprint density at radius 1 is 1.36 bits per heavy atom. The van der Waals surface area contributed by atoms with E-state index in [1.807, 2.05) is 31.2 Å². The van der Waals surface area contributed by atoms with Crippen molar-refractivity contribution < 1.29 is 4.79 Å². The van der Waals surface area contributed by atoms with E-state index in [4.69, 9.17) is 5.84 Å². The number of carbonyl (C=O) groups excluding carboxylic acids is 1. The first-order valence-corrected chi connectivity index (χ1v) is 9.12. The Hall–Kier alpha value is -2.39. The van der Waals surface area contributed by atoms with Crippen molar-refractivity contribution in [2.24, 2.45) is 0 Å². The minimum absolute atomic E-state index is 0.138. The summed E-state index contributed by atoms with van der Waals surface area (Å²) >= 11 is 4.62. The molecular weight excluding hydrogens is 404 g/mol. The molecule has 2 aromatic heterocycles. The minimum atomic E-state index is -0.138. The van der Waals surface area contributed by atoms with E-state index in [-0.39, 0.29) is 11.7 Å². The molecule has 0 radical (unpaired) electrons. The number of nitrogen functional groups attached to an aromatic ring is 1. The summed E-state index contributed by atoms with van der Waals surface area (Å²) in [5.41, 5.74) is 2.52. The predicted octanol–water partition coefficient (Wildman–Crippen LogP) is 2.86. The van der Waals surface area contributed by atoms with Gasteiger partial charge in [-0.25, -0.2) is 4.68 Å². The van der Waals surface area contributed by atoms with Crippen LogP contribution >= 0.6 is 27.7 Å². The summed E-state index contributed by atoms with van der Waals surface area (Å²) in [5.74, 6) is 6.56. The Labute approximate surface area is 157 Å². The van der Waals surface area contributed by atoms with Crippen LogP contribution in [0.2, 0.25) is 0 Å². The van der Waals surface area contributed by atoms with Gasteiger partial charge >= 0.3 is 0 Å². The molecule has 25 heavy (non-hydrogen) atoms. The van der Waals surface area contributed by atoms with Crippen molar-refractivity contribution in [3.8, 4) is 11.4 Å². The third-order valence-corrected chi connectivity index (χ3v) is 4.82. The van der Waals surface area contributed by atoms with Crippen molar-refractivity contribution in [3.05, 3.63) is 52.8 Å². The Balaban J connectivity index is 1.64. The van der Waals surface area contributed by atoms with Gasteiger partial charge in [0.2, 0.25) is 11.1 Å². The van der Waals surface area contributed by atoms with Gasteiger partial charge in [-0.3, -0.25) is 9.78 Å². The highest BCUT2D eigenvalue weighted by molar-refractivity contribution is 9.10. The maximum atomic E-state index is 12.2. The largest absolute Gasteiger partial charge is 0.335 e. The Kier molecular flexibility index (Phi) is 5.34. The number of nitrogens with two attached hydrogens (primary N) is 1. The Morgan fingerprint density at radius 3 is 2.92 bits per heavy atom. The summed E-state index contributed by atoms with van der Waals surface area (Å²) in [4.78, 5) is 16.2. The molecule has 0 saturated heterocycles. The van der Waals surface area contributed by atoms with Crippen molar-refractivity contribution in [3.63, 3.8) is 0 Å². The van der Waals surface area contributed by atoms with Crippen LogP contribution in [0.5, 0.6) is 0 Å². The number of halogens is 1. The number of aryl methyl sites for hydroxylation is 1. The third kappa shape index (κ3) is 4.18. The fraction of sp³-hybridized carbons (Fsp3) is 0.125. The number of anilines is 1. The van der Waals surface area contributed by atoms with E-state index in [1.165, 1.54) is 16.4 Å². The van der Waals surface area contributed by atoms with E-state index in [0.29, 0.717) is 11.0 Å². The number of nitrogens with zero attached hydrogens (tertiary/aromatic N) is 4. The normalized spacial score (nSPS) is 10.6. The van der Waals surface area contributed by atoms with Crippen LogP contribution in [0.25, 0.3) is 11.4 Å². The highest BCUT2D eigenvalue weighted by atomic mass is 79.9. The van der Waals surface area contributed by atoms with Crippen LogP contribution in [0.4, 0.5) is 5.69 Å². The van der Waals surface area contributed by atoms with Crippen LogP contribution in [0.15, 0.2) is 52.4 Å². The van der Waals surface area contributed by atoms with Crippen molar-refractivity contribution in [1.82, 2.24) is 19.9 Å². The number of hydrogen-bond acceptors (Lipinski definition) is 6. The number of pyridine rings is 1. The van der Waals surface area contributed by atoms with Gasteiger partial charge in [0.25, 0.3) is 0 Å². The standard InChI is InChI=1S/C16H15BrN6OS/c1-10-7-12(17)4-5-13(10)20-14(24)9-25-16-22-21-15(23(16)18)11-3-2-6-19-8-11/h2-8H,9,18H2,1H3,(H,20,24). The van der Waals surface area contributed by atoms with Gasteiger partial charge in [-0.1, -0.05) is 27.7 Å². The third-order valence-electron chi connectivity index (χ3n) is 3.38. The summed E-state index contributed by atoms with van der Waals surface area (Å²) < 4.78 is 2.33. The average Bonchev–Trinajstić information content (AvgIpc) is 2.97. The lowest BCUT2D eigenvalue weighted by molar-refractivity contribution is -0.113. The summed E-state index contributed by atoms with van der Waals surface area (Å²) in [6, 6.07) is 9.32. The first-order valence-electron chi connectivity index (χ1n) is 7.34. The molecule has 2 heterocycles. The van der Waals surface area contributed by atoms with Gasteiger partial charge in [0.05, 0.1) is 5.75 Å². The van der Waals surface area contributed by atoms with Crippen LogP contribution in [-0.2, 0) is 4.79 Å². The molecule has 1 aromatic carbocycles. The van der Waals surface area contributed by atoms with E-state index in [0.717, 1.165) is 21.3 Å². The number of rotatable bonds is 5. The van der Waals surface area contributed by atoms with Gasteiger partial charge in [0.15, 0.2) is 5.82 Å². The fourth-order valence-electron chi connectivity index (χ4n) is 2.15. The molecule has 7 nitrogen and oxygen atoms in total. The molecule has 9 heteroatoms. The molecule has 0 bridgehead atoms. The van der Waals surface area contributed by atoms with Crippen LogP contribution in [0.1, 0.15) is 5.56 Å². The highest BCUT2D eigenvalue weighted by Gasteiger charge is 2.14. The van der Waals surface area contributed by atoms with E-state index in [1.54, 1.807) is 18.5 Å². The number of hydrogen-bond donors (Lipinski definition) is 2. The first kappa shape index (κ1) is 17.4. The van der Waals surface area contributed by atoms with Crippen molar-refractivity contribution >= 4 is 39.3 Å². The second kappa shape index (κ2) is 7.66. The van der Waals surface area contributed by atoms with Crippen LogP contribution in [0.3, 0.4) is 0 Å². The van der Waals surface area contributed by atoms with Crippen molar-refractivity contribution in [1.29, 1.82) is 0 Å². The number of benzene rings is 1. The molecule has 3 rings (SSSR count). The average molecular weight is 419 g/mol. The van der Waals surface area contributed by atoms with Gasteiger partial charge in [-0.2, -0.15) is 0 Å². The molecular formula is C16H15BrN6OS.